The normalized spacial score (nSPS) is 14.8. The zero-order chi connectivity index (χ0) is 18.3. The van der Waals surface area contributed by atoms with Crippen molar-refractivity contribution in [2.45, 2.75) is 19.3 Å². The van der Waals surface area contributed by atoms with Gasteiger partial charge in [0, 0.05) is 18.7 Å². The molecule has 0 spiro atoms. The molecular weight excluding hydrogens is 347 g/mol. The standard InChI is InChI=1S/C24H25N2P/c1-4-13-22(14-5-1)27(23-15-6-2-7-16-23)24-17-9-8-12-21(24)20-25-26-18-10-3-11-19-26/h1-2,4-9,12-17,20H,3,10-11,18-19H2/b25-20+. The quantitative estimate of drug-likeness (QED) is 0.483. The summed E-state index contributed by atoms with van der Waals surface area (Å²) in [6, 6.07) is 30.4. The molecule has 0 amide bonds. The highest BCUT2D eigenvalue weighted by Crippen LogP contribution is 2.33. The number of hydrazone groups is 1. The van der Waals surface area contributed by atoms with Crippen LogP contribution >= 0.6 is 7.92 Å². The lowest BCUT2D eigenvalue weighted by Gasteiger charge is -2.24. The molecule has 3 aromatic rings. The van der Waals surface area contributed by atoms with Gasteiger partial charge < -0.3 is 0 Å². The van der Waals surface area contributed by atoms with E-state index in [1.165, 1.54) is 40.7 Å². The molecular formula is C24H25N2P. The van der Waals surface area contributed by atoms with E-state index in [9.17, 15) is 0 Å². The maximum Gasteiger partial charge on any atom is 0.0549 e. The molecule has 136 valence electrons. The molecule has 27 heavy (non-hydrogen) atoms. The second-order valence-corrected chi connectivity index (χ2v) is 9.01. The maximum atomic E-state index is 4.80. The Bertz CT molecular complexity index is 832. The minimum absolute atomic E-state index is 0.606. The van der Waals surface area contributed by atoms with Crippen molar-refractivity contribution in [3.63, 3.8) is 0 Å². The van der Waals surface area contributed by atoms with Crippen LogP contribution in [-0.4, -0.2) is 24.3 Å². The van der Waals surface area contributed by atoms with E-state index < -0.39 is 7.92 Å². The number of hydrogen-bond acceptors (Lipinski definition) is 2. The molecule has 0 atom stereocenters. The van der Waals surface area contributed by atoms with Crippen molar-refractivity contribution in [3.05, 3.63) is 90.5 Å². The number of benzene rings is 3. The highest BCUT2D eigenvalue weighted by atomic mass is 31.1. The molecule has 0 aliphatic carbocycles. The van der Waals surface area contributed by atoms with Gasteiger partial charge in [-0.2, -0.15) is 5.10 Å². The van der Waals surface area contributed by atoms with Gasteiger partial charge in [0.1, 0.15) is 0 Å². The van der Waals surface area contributed by atoms with Gasteiger partial charge in [0.25, 0.3) is 0 Å². The van der Waals surface area contributed by atoms with Crippen molar-refractivity contribution in [3.8, 4) is 0 Å². The summed E-state index contributed by atoms with van der Waals surface area (Å²) in [6.07, 6.45) is 5.90. The van der Waals surface area contributed by atoms with E-state index in [2.05, 4.69) is 96.2 Å². The predicted molar refractivity (Wildman–Crippen MR) is 118 cm³/mol. The first-order valence-electron chi connectivity index (χ1n) is 9.70. The molecule has 0 N–H and O–H groups in total. The molecule has 3 heteroatoms. The second kappa shape index (κ2) is 8.97. The maximum absolute atomic E-state index is 4.80. The highest BCUT2D eigenvalue weighted by molar-refractivity contribution is 7.80. The number of hydrogen-bond donors (Lipinski definition) is 0. The van der Waals surface area contributed by atoms with Crippen LogP contribution in [0.5, 0.6) is 0 Å². The highest BCUT2D eigenvalue weighted by Gasteiger charge is 2.18. The molecule has 0 unspecified atom stereocenters. The fourth-order valence-corrected chi connectivity index (χ4v) is 5.94. The van der Waals surface area contributed by atoms with E-state index in [0.29, 0.717) is 0 Å². The molecule has 3 aromatic carbocycles. The van der Waals surface area contributed by atoms with Gasteiger partial charge in [-0.15, -0.1) is 0 Å². The smallest absolute Gasteiger partial charge is 0.0549 e. The number of rotatable bonds is 5. The van der Waals surface area contributed by atoms with Crippen LogP contribution in [0, 0.1) is 0 Å². The molecule has 1 aliphatic heterocycles. The number of nitrogens with zero attached hydrogens (tertiary/aromatic N) is 2. The topological polar surface area (TPSA) is 15.6 Å². The molecule has 0 saturated carbocycles. The van der Waals surface area contributed by atoms with Gasteiger partial charge in [-0.3, -0.25) is 5.01 Å². The lowest BCUT2D eigenvalue weighted by atomic mass is 10.2. The summed E-state index contributed by atoms with van der Waals surface area (Å²) in [7, 11) is -0.606. The molecule has 0 radical (unpaired) electrons. The van der Waals surface area contributed by atoms with Gasteiger partial charge in [0.2, 0.25) is 0 Å². The van der Waals surface area contributed by atoms with Gasteiger partial charge in [-0.1, -0.05) is 84.9 Å². The lowest BCUT2D eigenvalue weighted by molar-refractivity contribution is 0.240. The Kier molecular flexibility index (Phi) is 5.96. The summed E-state index contributed by atoms with van der Waals surface area (Å²) >= 11 is 0. The van der Waals surface area contributed by atoms with Gasteiger partial charge >= 0.3 is 0 Å². The van der Waals surface area contributed by atoms with Crippen molar-refractivity contribution in [2.24, 2.45) is 5.10 Å². The van der Waals surface area contributed by atoms with E-state index in [0.717, 1.165) is 13.1 Å². The summed E-state index contributed by atoms with van der Waals surface area (Å²) in [5.74, 6) is 0. The Morgan fingerprint density at radius 3 is 1.85 bits per heavy atom. The molecule has 1 saturated heterocycles. The molecule has 1 heterocycles. The fourth-order valence-electron chi connectivity index (χ4n) is 3.52. The number of piperidine rings is 1. The van der Waals surface area contributed by atoms with Crippen LogP contribution in [0.3, 0.4) is 0 Å². The van der Waals surface area contributed by atoms with E-state index in [-0.39, 0.29) is 0 Å². The fraction of sp³-hybridized carbons (Fsp3) is 0.208. The van der Waals surface area contributed by atoms with Crippen LogP contribution in [0.4, 0.5) is 0 Å². The molecule has 0 aromatic heterocycles. The largest absolute Gasteiger partial charge is 0.297 e. The zero-order valence-corrected chi connectivity index (χ0v) is 16.4. The van der Waals surface area contributed by atoms with Crippen molar-refractivity contribution < 1.29 is 0 Å². The van der Waals surface area contributed by atoms with Gasteiger partial charge in [-0.05, 0) is 43.1 Å². The summed E-state index contributed by atoms with van der Waals surface area (Å²) in [5, 5.41) is 11.1. The monoisotopic (exact) mass is 372 g/mol. The minimum Gasteiger partial charge on any atom is -0.297 e. The van der Waals surface area contributed by atoms with Crippen molar-refractivity contribution in [1.29, 1.82) is 0 Å². The van der Waals surface area contributed by atoms with E-state index >= 15 is 0 Å². The molecule has 0 bridgehead atoms. The van der Waals surface area contributed by atoms with Crippen molar-refractivity contribution in [1.82, 2.24) is 5.01 Å². The lowest BCUT2D eigenvalue weighted by Crippen LogP contribution is -2.26. The predicted octanol–water partition coefficient (Wildman–Crippen LogP) is 4.26. The third-order valence-electron chi connectivity index (χ3n) is 4.90. The summed E-state index contributed by atoms with van der Waals surface area (Å²) < 4.78 is 0. The van der Waals surface area contributed by atoms with Gasteiger partial charge in [-0.25, -0.2) is 0 Å². The van der Waals surface area contributed by atoms with E-state index in [4.69, 9.17) is 5.10 Å². The minimum atomic E-state index is -0.606. The zero-order valence-electron chi connectivity index (χ0n) is 15.5. The molecule has 4 rings (SSSR count). The SMILES string of the molecule is C(=N\N1CCCCC1)/c1ccccc1P(c1ccccc1)c1ccccc1. The Labute approximate surface area is 163 Å². The van der Waals surface area contributed by atoms with Crippen LogP contribution in [0.2, 0.25) is 0 Å². The molecule has 1 aliphatic rings. The summed E-state index contributed by atoms with van der Waals surface area (Å²) in [4.78, 5) is 0. The third-order valence-corrected chi connectivity index (χ3v) is 7.42. The Morgan fingerprint density at radius 2 is 1.22 bits per heavy atom. The Balaban J connectivity index is 1.73. The van der Waals surface area contributed by atoms with Crippen LogP contribution in [0.25, 0.3) is 0 Å². The molecule has 2 nitrogen and oxygen atoms in total. The molecule has 1 fully saturated rings. The Hall–Kier alpha value is -2.44. The average molecular weight is 372 g/mol. The van der Waals surface area contributed by atoms with Crippen LogP contribution < -0.4 is 15.9 Å². The summed E-state index contributed by atoms with van der Waals surface area (Å²) in [5.41, 5.74) is 1.22. The first-order valence-corrected chi connectivity index (χ1v) is 11.0. The van der Waals surface area contributed by atoms with Crippen LogP contribution in [0.15, 0.2) is 90.0 Å². The van der Waals surface area contributed by atoms with Crippen LogP contribution in [0.1, 0.15) is 24.8 Å². The van der Waals surface area contributed by atoms with E-state index in [1.54, 1.807) is 0 Å². The van der Waals surface area contributed by atoms with Gasteiger partial charge in [0.15, 0.2) is 0 Å². The average Bonchev–Trinajstić information content (AvgIpc) is 2.76. The van der Waals surface area contributed by atoms with Crippen LogP contribution in [-0.2, 0) is 0 Å². The van der Waals surface area contributed by atoms with Gasteiger partial charge in [0.05, 0.1) is 6.21 Å². The Morgan fingerprint density at radius 1 is 0.667 bits per heavy atom. The first-order chi connectivity index (χ1) is 13.4. The summed E-state index contributed by atoms with van der Waals surface area (Å²) in [6.45, 7) is 2.15. The third kappa shape index (κ3) is 4.46. The second-order valence-electron chi connectivity index (χ2n) is 6.82. The van der Waals surface area contributed by atoms with E-state index in [1.807, 2.05) is 0 Å². The first kappa shape index (κ1) is 17.9. The van der Waals surface area contributed by atoms with Crippen molar-refractivity contribution in [2.75, 3.05) is 13.1 Å². The van der Waals surface area contributed by atoms with Crippen molar-refractivity contribution >= 4 is 30.0 Å².